The minimum atomic E-state index is -4.47. The molecule has 0 saturated heterocycles. The zero-order valence-electron chi connectivity index (χ0n) is 7.90. The second-order valence-corrected chi connectivity index (χ2v) is 3.28. The summed E-state index contributed by atoms with van der Waals surface area (Å²) in [6.07, 6.45) is -3.86. The van der Waals surface area contributed by atoms with Crippen molar-refractivity contribution >= 4 is 11.8 Å². The Hall–Kier alpha value is -1.83. The molecule has 2 heterocycles. The van der Waals surface area contributed by atoms with Crippen LogP contribution < -0.4 is 5.76 Å². The predicted octanol–water partition coefficient (Wildman–Crippen LogP) is 1.92. The Morgan fingerprint density at radius 3 is 2.47 bits per heavy atom. The van der Waals surface area contributed by atoms with Crippen LogP contribution >= 0.6 is 11.8 Å². The molecular weight excluding hydrogens is 263 g/mol. The van der Waals surface area contributed by atoms with Gasteiger partial charge in [-0.05, 0) is 12.1 Å². The molecular formula is C8H3ClF3N3O2. The molecule has 0 aliphatic heterocycles. The Kier molecular flexibility index (Phi) is 2.66. The first-order valence-electron chi connectivity index (χ1n) is 4.18. The fraction of sp³-hybridized carbons (Fsp3) is 0.125. The Balaban J connectivity index is 2.39. The van der Waals surface area contributed by atoms with Gasteiger partial charge in [0.05, 0.1) is 5.56 Å². The monoisotopic (exact) mass is 265 g/mol. The van der Waals surface area contributed by atoms with Gasteiger partial charge in [-0.25, -0.2) is 4.79 Å². The second kappa shape index (κ2) is 3.88. The van der Waals surface area contributed by atoms with Crippen LogP contribution in [-0.4, -0.2) is 14.3 Å². The summed E-state index contributed by atoms with van der Waals surface area (Å²) in [5.74, 6) is -1.19. The standard InChI is InChI=1S/C8H3ClF3N3O2/c9-15-7(16)17-6(14-15)5-2-1-4(3-13-5)8(10,11)12/h1-3H. The van der Waals surface area contributed by atoms with Crippen LogP contribution in [0.5, 0.6) is 0 Å². The molecule has 0 aliphatic carbocycles. The van der Waals surface area contributed by atoms with Crippen molar-refractivity contribution in [1.29, 1.82) is 0 Å². The quantitative estimate of drug-likeness (QED) is 0.790. The van der Waals surface area contributed by atoms with Crippen LogP contribution in [0.1, 0.15) is 5.56 Å². The van der Waals surface area contributed by atoms with Crippen molar-refractivity contribution < 1.29 is 17.6 Å². The maximum absolute atomic E-state index is 12.2. The van der Waals surface area contributed by atoms with Gasteiger partial charge in [-0.2, -0.15) is 13.2 Å². The molecule has 0 aromatic carbocycles. The molecule has 0 unspecified atom stereocenters. The van der Waals surface area contributed by atoms with Gasteiger partial charge in [0.1, 0.15) is 5.69 Å². The van der Waals surface area contributed by atoms with Crippen LogP contribution in [0.15, 0.2) is 27.5 Å². The molecule has 0 N–H and O–H groups in total. The van der Waals surface area contributed by atoms with E-state index in [1.807, 2.05) is 0 Å². The third-order valence-corrected chi connectivity index (χ3v) is 2.04. The average Bonchev–Trinajstić information content (AvgIpc) is 2.58. The molecule has 0 aliphatic rings. The van der Waals surface area contributed by atoms with Gasteiger partial charge < -0.3 is 4.42 Å². The second-order valence-electron chi connectivity index (χ2n) is 2.96. The van der Waals surface area contributed by atoms with Crippen molar-refractivity contribution in [2.75, 3.05) is 0 Å². The molecule has 0 saturated carbocycles. The summed E-state index contributed by atoms with van der Waals surface area (Å²) in [6, 6.07) is 1.83. The van der Waals surface area contributed by atoms with Crippen molar-refractivity contribution in [1.82, 2.24) is 14.3 Å². The van der Waals surface area contributed by atoms with E-state index in [0.717, 1.165) is 12.1 Å². The lowest BCUT2D eigenvalue weighted by atomic mass is 10.2. The lowest BCUT2D eigenvalue weighted by Gasteiger charge is -2.04. The highest BCUT2D eigenvalue weighted by Crippen LogP contribution is 2.29. The van der Waals surface area contributed by atoms with Gasteiger partial charge in [-0.3, -0.25) is 4.98 Å². The average molecular weight is 266 g/mol. The molecule has 9 heteroatoms. The molecule has 17 heavy (non-hydrogen) atoms. The van der Waals surface area contributed by atoms with E-state index in [0.29, 0.717) is 10.4 Å². The van der Waals surface area contributed by atoms with Crippen molar-refractivity contribution in [3.8, 4) is 11.6 Å². The van der Waals surface area contributed by atoms with Gasteiger partial charge >= 0.3 is 11.9 Å². The minimum absolute atomic E-state index is 0.0190. The molecule has 0 radical (unpaired) electrons. The Morgan fingerprint density at radius 2 is 2.06 bits per heavy atom. The van der Waals surface area contributed by atoms with Crippen molar-refractivity contribution in [3.63, 3.8) is 0 Å². The summed E-state index contributed by atoms with van der Waals surface area (Å²) in [5.41, 5.74) is -0.927. The lowest BCUT2D eigenvalue weighted by molar-refractivity contribution is -0.137. The molecule has 0 fully saturated rings. The summed E-state index contributed by atoms with van der Waals surface area (Å²) in [5, 5.41) is 3.43. The summed E-state index contributed by atoms with van der Waals surface area (Å²) < 4.78 is 41.7. The van der Waals surface area contributed by atoms with E-state index in [9.17, 15) is 18.0 Å². The third-order valence-electron chi connectivity index (χ3n) is 1.82. The zero-order chi connectivity index (χ0) is 12.6. The number of rotatable bonds is 1. The molecule has 90 valence electrons. The smallest absolute Gasteiger partial charge is 0.385 e. The molecule has 2 aromatic heterocycles. The van der Waals surface area contributed by atoms with Crippen LogP contribution in [0.25, 0.3) is 11.6 Å². The Morgan fingerprint density at radius 1 is 1.35 bits per heavy atom. The van der Waals surface area contributed by atoms with Gasteiger partial charge in [0.15, 0.2) is 0 Å². The van der Waals surface area contributed by atoms with Crippen LogP contribution in [0.2, 0.25) is 0 Å². The third kappa shape index (κ3) is 2.31. The van der Waals surface area contributed by atoms with Gasteiger partial charge in [-0.1, -0.05) is 4.20 Å². The summed E-state index contributed by atoms with van der Waals surface area (Å²) >= 11 is 5.27. The summed E-state index contributed by atoms with van der Waals surface area (Å²) in [7, 11) is 0. The molecule has 0 spiro atoms. The number of halogens is 4. The first-order chi connectivity index (χ1) is 7.88. The maximum Gasteiger partial charge on any atom is 0.453 e. The number of hydrogen-bond acceptors (Lipinski definition) is 4. The van der Waals surface area contributed by atoms with Gasteiger partial charge in [-0.15, -0.1) is 5.10 Å². The highest BCUT2D eigenvalue weighted by Gasteiger charge is 2.30. The van der Waals surface area contributed by atoms with Crippen LogP contribution in [0, 0.1) is 0 Å². The molecule has 5 nitrogen and oxygen atoms in total. The number of alkyl halides is 3. The SMILES string of the molecule is O=c1oc(-c2ccc(C(F)(F)F)cn2)nn1Cl. The summed E-state index contributed by atoms with van der Waals surface area (Å²) in [4.78, 5) is 14.3. The number of nitrogens with zero attached hydrogens (tertiary/aromatic N) is 3. The topological polar surface area (TPSA) is 60.9 Å². The van der Waals surface area contributed by atoms with Crippen LogP contribution in [0.4, 0.5) is 13.2 Å². The van der Waals surface area contributed by atoms with E-state index in [2.05, 4.69) is 14.5 Å². The fourth-order valence-corrected chi connectivity index (χ4v) is 1.16. The van der Waals surface area contributed by atoms with E-state index < -0.39 is 17.5 Å². The summed E-state index contributed by atoms with van der Waals surface area (Å²) in [6.45, 7) is 0. The van der Waals surface area contributed by atoms with Crippen molar-refractivity contribution in [2.24, 2.45) is 0 Å². The van der Waals surface area contributed by atoms with E-state index in [4.69, 9.17) is 11.8 Å². The highest BCUT2D eigenvalue weighted by molar-refractivity contribution is 6.14. The highest BCUT2D eigenvalue weighted by atomic mass is 35.5. The van der Waals surface area contributed by atoms with Gasteiger partial charge in [0.2, 0.25) is 0 Å². The van der Waals surface area contributed by atoms with Crippen molar-refractivity contribution in [3.05, 3.63) is 34.4 Å². The Labute approximate surface area is 96.6 Å². The van der Waals surface area contributed by atoms with Crippen LogP contribution in [-0.2, 0) is 6.18 Å². The minimum Gasteiger partial charge on any atom is -0.385 e. The first kappa shape index (κ1) is 11.6. The van der Waals surface area contributed by atoms with Gasteiger partial charge in [0, 0.05) is 18.0 Å². The lowest BCUT2D eigenvalue weighted by Crippen LogP contribution is -2.05. The van der Waals surface area contributed by atoms with Crippen LogP contribution in [0.3, 0.4) is 0 Å². The van der Waals surface area contributed by atoms with Crippen molar-refractivity contribution in [2.45, 2.75) is 6.18 Å². The van der Waals surface area contributed by atoms with E-state index in [1.54, 1.807) is 0 Å². The molecule has 2 aromatic rings. The molecule has 2 rings (SSSR count). The molecule has 0 atom stereocenters. The maximum atomic E-state index is 12.2. The number of pyridine rings is 1. The number of hydrogen-bond donors (Lipinski definition) is 0. The Bertz CT molecular complexity index is 587. The fourth-order valence-electron chi connectivity index (χ4n) is 1.05. The zero-order valence-corrected chi connectivity index (χ0v) is 8.66. The van der Waals surface area contributed by atoms with E-state index in [-0.39, 0.29) is 11.6 Å². The normalized spacial score (nSPS) is 11.8. The largest absolute Gasteiger partial charge is 0.453 e. The predicted molar refractivity (Wildman–Crippen MR) is 50.2 cm³/mol. The molecule has 0 bridgehead atoms. The van der Waals surface area contributed by atoms with E-state index >= 15 is 0 Å². The molecule has 0 amide bonds. The van der Waals surface area contributed by atoms with E-state index in [1.165, 1.54) is 0 Å². The number of aromatic nitrogens is 3. The first-order valence-corrected chi connectivity index (χ1v) is 4.51. The van der Waals surface area contributed by atoms with Gasteiger partial charge in [0.25, 0.3) is 5.89 Å².